The van der Waals surface area contributed by atoms with Crippen LogP contribution in [-0.2, 0) is 24.1 Å². The van der Waals surface area contributed by atoms with Gasteiger partial charge < -0.3 is 9.47 Å². The van der Waals surface area contributed by atoms with E-state index in [-0.39, 0.29) is 29.2 Å². The summed E-state index contributed by atoms with van der Waals surface area (Å²) >= 11 is 0. The first-order valence-corrected chi connectivity index (χ1v) is 14.0. The third-order valence-electron chi connectivity index (χ3n) is 8.04. The largest absolute Gasteiger partial charge is 0.491 e. The van der Waals surface area contributed by atoms with Gasteiger partial charge in [-0.1, -0.05) is 36.4 Å². The van der Waals surface area contributed by atoms with E-state index in [4.69, 9.17) is 9.47 Å². The summed E-state index contributed by atoms with van der Waals surface area (Å²) in [6.07, 6.45) is 2.77. The van der Waals surface area contributed by atoms with Crippen molar-refractivity contribution in [3.8, 4) is 5.75 Å². The average molecular weight is 542 g/mol. The van der Waals surface area contributed by atoms with Crippen LogP contribution in [0.25, 0.3) is 0 Å². The highest BCUT2D eigenvalue weighted by atomic mass is 16.5. The molecule has 2 N–H and O–H groups in total. The number of aryl methyl sites for hydroxylation is 2. The Hall–Kier alpha value is -3.68. The van der Waals surface area contributed by atoms with Crippen molar-refractivity contribution in [2.45, 2.75) is 77.8 Å². The maximum Gasteiger partial charge on any atom is 0.269 e. The Morgan fingerprint density at radius 2 is 1.62 bits per heavy atom. The van der Waals surface area contributed by atoms with Crippen LogP contribution in [-0.4, -0.2) is 40.7 Å². The minimum absolute atomic E-state index is 0.0452. The molecule has 1 saturated heterocycles. The van der Waals surface area contributed by atoms with Crippen LogP contribution in [0.5, 0.6) is 5.75 Å². The molecule has 7 heteroatoms. The molecule has 0 aromatic heterocycles. The summed E-state index contributed by atoms with van der Waals surface area (Å²) in [6, 6.07) is 21.6. The van der Waals surface area contributed by atoms with E-state index in [2.05, 4.69) is 53.9 Å². The van der Waals surface area contributed by atoms with Crippen LogP contribution in [0, 0.1) is 6.92 Å². The molecule has 1 aliphatic carbocycles. The number of ether oxygens (including phenoxy) is 2. The standard InChI is InChI=1S/C33H39N3O4/c1-22(2)40-29-14-13-26(17-23(29)3)30(37)34-35-31(38)27-12-11-25-15-16-33(19-28(25)18-27)21-39-32(4,5)36(33)20-24-9-7-6-8-10-24/h6-14,17-18,22H,15-16,19-21H2,1-5H3,(H,34,37)(H,35,38). The zero-order chi connectivity index (χ0) is 28.5. The first-order valence-electron chi connectivity index (χ1n) is 14.0. The number of nitrogens with zero attached hydrogens (tertiary/aromatic N) is 1. The molecule has 2 amide bonds. The first-order chi connectivity index (χ1) is 19.1. The average Bonchev–Trinajstić information content (AvgIpc) is 3.17. The number of amides is 2. The summed E-state index contributed by atoms with van der Waals surface area (Å²) < 4.78 is 12.1. The first kappa shape index (κ1) is 27.9. The summed E-state index contributed by atoms with van der Waals surface area (Å²) in [6.45, 7) is 11.5. The van der Waals surface area contributed by atoms with Crippen LogP contribution >= 0.6 is 0 Å². The van der Waals surface area contributed by atoms with E-state index in [9.17, 15) is 9.59 Å². The molecule has 1 atom stereocenters. The van der Waals surface area contributed by atoms with Gasteiger partial charge in [0.1, 0.15) is 11.5 Å². The number of hydrogen-bond acceptors (Lipinski definition) is 5. The zero-order valence-corrected chi connectivity index (χ0v) is 24.0. The number of benzene rings is 3. The molecule has 5 rings (SSSR count). The molecule has 1 heterocycles. The molecule has 1 spiro atoms. The molecule has 40 heavy (non-hydrogen) atoms. The van der Waals surface area contributed by atoms with Crippen molar-refractivity contribution < 1.29 is 19.1 Å². The van der Waals surface area contributed by atoms with Gasteiger partial charge in [0.25, 0.3) is 11.8 Å². The lowest BCUT2D eigenvalue weighted by Crippen LogP contribution is -2.54. The van der Waals surface area contributed by atoms with E-state index < -0.39 is 0 Å². The predicted octanol–water partition coefficient (Wildman–Crippen LogP) is 5.35. The fourth-order valence-corrected chi connectivity index (χ4v) is 5.94. The Bertz CT molecular complexity index is 1400. The number of carbonyl (C=O) groups is 2. The van der Waals surface area contributed by atoms with Gasteiger partial charge in [0.2, 0.25) is 0 Å². The van der Waals surface area contributed by atoms with Crippen molar-refractivity contribution >= 4 is 11.8 Å². The highest BCUT2D eigenvalue weighted by Crippen LogP contribution is 2.44. The zero-order valence-electron chi connectivity index (χ0n) is 24.0. The number of hydrogen-bond donors (Lipinski definition) is 2. The summed E-state index contributed by atoms with van der Waals surface area (Å²) in [4.78, 5) is 28.3. The van der Waals surface area contributed by atoms with Crippen LogP contribution in [0.15, 0.2) is 66.7 Å². The maximum absolute atomic E-state index is 13.0. The molecule has 7 nitrogen and oxygen atoms in total. The van der Waals surface area contributed by atoms with Gasteiger partial charge in [-0.05, 0) is 106 Å². The molecule has 3 aromatic rings. The van der Waals surface area contributed by atoms with Crippen molar-refractivity contribution in [2.75, 3.05) is 6.61 Å². The van der Waals surface area contributed by atoms with Gasteiger partial charge in [0.05, 0.1) is 18.2 Å². The number of rotatable bonds is 6. The topological polar surface area (TPSA) is 79.9 Å². The van der Waals surface area contributed by atoms with Crippen molar-refractivity contribution in [1.29, 1.82) is 0 Å². The van der Waals surface area contributed by atoms with Gasteiger partial charge in [0, 0.05) is 17.7 Å². The van der Waals surface area contributed by atoms with Crippen LogP contribution in [0.3, 0.4) is 0 Å². The molecule has 3 aromatic carbocycles. The Morgan fingerprint density at radius 1 is 0.950 bits per heavy atom. The van der Waals surface area contributed by atoms with Crippen LogP contribution in [0.1, 0.15) is 77.1 Å². The maximum atomic E-state index is 13.0. The van der Waals surface area contributed by atoms with Crippen molar-refractivity contribution in [3.05, 3.63) is 100 Å². The third kappa shape index (κ3) is 5.76. The minimum Gasteiger partial charge on any atom is -0.491 e. The van der Waals surface area contributed by atoms with E-state index in [0.717, 1.165) is 42.7 Å². The molecule has 0 bridgehead atoms. The Labute approximate surface area is 236 Å². The van der Waals surface area contributed by atoms with Gasteiger partial charge in [0.15, 0.2) is 0 Å². The van der Waals surface area contributed by atoms with E-state index >= 15 is 0 Å². The van der Waals surface area contributed by atoms with Crippen LogP contribution in [0.4, 0.5) is 0 Å². The second kappa shape index (κ2) is 11.1. The predicted molar refractivity (Wildman–Crippen MR) is 155 cm³/mol. The highest BCUT2D eigenvalue weighted by Gasteiger charge is 2.52. The lowest BCUT2D eigenvalue weighted by atomic mass is 9.76. The van der Waals surface area contributed by atoms with Crippen molar-refractivity contribution in [1.82, 2.24) is 15.8 Å². The molecule has 0 saturated carbocycles. The quantitative estimate of drug-likeness (QED) is 0.411. The molecule has 2 aliphatic rings. The smallest absolute Gasteiger partial charge is 0.269 e. The summed E-state index contributed by atoms with van der Waals surface area (Å²) in [7, 11) is 0. The summed E-state index contributed by atoms with van der Waals surface area (Å²) in [5.41, 5.74) is 10.1. The van der Waals surface area contributed by atoms with Gasteiger partial charge in [-0.15, -0.1) is 0 Å². The second-order valence-electron chi connectivity index (χ2n) is 11.7. The van der Waals surface area contributed by atoms with Gasteiger partial charge in [-0.2, -0.15) is 0 Å². The number of fused-ring (bicyclic) bond motifs is 1. The minimum atomic E-state index is -0.385. The van der Waals surface area contributed by atoms with E-state index in [0.29, 0.717) is 17.7 Å². The molecular weight excluding hydrogens is 502 g/mol. The fraction of sp³-hybridized carbons (Fsp3) is 0.394. The number of hydrazine groups is 1. The van der Waals surface area contributed by atoms with Crippen LogP contribution < -0.4 is 15.6 Å². The normalized spacial score (nSPS) is 19.9. The molecule has 1 unspecified atom stereocenters. The Morgan fingerprint density at radius 3 is 2.30 bits per heavy atom. The third-order valence-corrected chi connectivity index (χ3v) is 8.04. The van der Waals surface area contributed by atoms with E-state index in [1.165, 1.54) is 11.1 Å². The van der Waals surface area contributed by atoms with E-state index in [1.807, 2.05) is 45.0 Å². The summed E-state index contributed by atoms with van der Waals surface area (Å²) in [5.74, 6) is 0.00329. The summed E-state index contributed by atoms with van der Waals surface area (Å²) in [5, 5.41) is 0. The van der Waals surface area contributed by atoms with Gasteiger partial charge in [-0.25, -0.2) is 0 Å². The molecule has 0 radical (unpaired) electrons. The molecule has 210 valence electrons. The second-order valence-corrected chi connectivity index (χ2v) is 11.7. The Balaban J connectivity index is 1.28. The van der Waals surface area contributed by atoms with Crippen molar-refractivity contribution in [3.63, 3.8) is 0 Å². The van der Waals surface area contributed by atoms with Gasteiger partial charge in [-0.3, -0.25) is 25.3 Å². The van der Waals surface area contributed by atoms with Crippen molar-refractivity contribution in [2.24, 2.45) is 0 Å². The highest BCUT2D eigenvalue weighted by molar-refractivity contribution is 5.99. The lowest BCUT2D eigenvalue weighted by molar-refractivity contribution is -0.0673. The number of nitrogens with one attached hydrogen (secondary N) is 2. The lowest BCUT2D eigenvalue weighted by Gasteiger charge is -2.45. The fourth-order valence-electron chi connectivity index (χ4n) is 5.94. The van der Waals surface area contributed by atoms with E-state index in [1.54, 1.807) is 18.2 Å². The molecule has 1 fully saturated rings. The van der Waals surface area contributed by atoms with Crippen LogP contribution in [0.2, 0.25) is 0 Å². The molecule has 1 aliphatic heterocycles. The molecular formula is C33H39N3O4. The van der Waals surface area contributed by atoms with Gasteiger partial charge >= 0.3 is 0 Å². The Kier molecular flexibility index (Phi) is 7.71. The monoisotopic (exact) mass is 541 g/mol. The number of carbonyl (C=O) groups excluding carboxylic acids is 2. The SMILES string of the molecule is Cc1cc(C(=O)NNC(=O)c2ccc3c(c2)CC2(CC3)COC(C)(C)N2Cc2ccccc2)ccc1OC(C)C.